The third-order valence-electron chi connectivity index (χ3n) is 4.29. The first-order valence-electron chi connectivity index (χ1n) is 9.51. The van der Waals surface area contributed by atoms with Crippen LogP contribution in [0.4, 0.5) is 0 Å². The Kier molecular flexibility index (Phi) is 6.46. The number of aromatic nitrogens is 3. The van der Waals surface area contributed by atoms with Gasteiger partial charge in [-0.2, -0.15) is 4.98 Å². The number of aryl methyl sites for hydroxylation is 1. The highest BCUT2D eigenvalue weighted by atomic mass is 32.1. The second kappa shape index (κ2) is 9.80. The summed E-state index contributed by atoms with van der Waals surface area (Å²) in [6.07, 6.45) is 2.34. The van der Waals surface area contributed by atoms with Crippen molar-refractivity contribution in [3.8, 4) is 16.6 Å². The number of hydrogen-bond acceptors (Lipinski definition) is 7. The number of ether oxygens (including phenoxy) is 1. The molecule has 7 nitrogen and oxygen atoms in total. The average molecular weight is 420 g/mol. The number of carbonyl (C=O) groups excluding carboxylic acids is 1. The molecule has 0 atom stereocenters. The molecule has 0 spiro atoms. The van der Waals surface area contributed by atoms with Crippen LogP contribution in [0.15, 0.2) is 70.7 Å². The van der Waals surface area contributed by atoms with Crippen molar-refractivity contribution in [2.45, 2.75) is 26.0 Å². The highest BCUT2D eigenvalue weighted by Gasteiger charge is 2.11. The molecule has 4 aromatic rings. The van der Waals surface area contributed by atoms with Gasteiger partial charge >= 0.3 is 0 Å². The van der Waals surface area contributed by atoms with Crippen LogP contribution in [0.2, 0.25) is 0 Å². The first-order chi connectivity index (χ1) is 14.8. The molecule has 0 unspecified atom stereocenters. The van der Waals surface area contributed by atoms with Gasteiger partial charge in [-0.3, -0.25) is 4.79 Å². The minimum Gasteiger partial charge on any atom is -0.473 e. The Labute approximate surface area is 177 Å². The Morgan fingerprint density at radius 3 is 2.83 bits per heavy atom. The number of amides is 1. The van der Waals surface area contributed by atoms with E-state index in [0.29, 0.717) is 37.2 Å². The van der Waals surface area contributed by atoms with Crippen LogP contribution >= 0.6 is 11.3 Å². The smallest absolute Gasteiger partial charge is 0.227 e. The molecule has 0 bridgehead atoms. The summed E-state index contributed by atoms with van der Waals surface area (Å²) in [5.74, 6) is 1.45. The molecule has 3 heterocycles. The molecule has 1 N–H and O–H groups in total. The molecule has 1 aromatic carbocycles. The molecule has 0 aliphatic carbocycles. The van der Waals surface area contributed by atoms with Crippen molar-refractivity contribution in [2.24, 2.45) is 0 Å². The lowest BCUT2D eigenvalue weighted by Crippen LogP contribution is -2.23. The summed E-state index contributed by atoms with van der Waals surface area (Å²) in [5.41, 5.74) is 1.99. The normalized spacial score (nSPS) is 10.7. The summed E-state index contributed by atoms with van der Waals surface area (Å²) in [4.78, 5) is 21.7. The van der Waals surface area contributed by atoms with Crippen LogP contribution in [0, 0.1) is 0 Å². The van der Waals surface area contributed by atoms with Crippen LogP contribution < -0.4 is 10.1 Å². The molecule has 0 aliphatic rings. The van der Waals surface area contributed by atoms with Crippen molar-refractivity contribution in [1.82, 2.24) is 20.4 Å². The molecule has 152 valence electrons. The second-order valence-electron chi connectivity index (χ2n) is 6.54. The number of carbonyl (C=O) groups is 1. The lowest BCUT2D eigenvalue weighted by molar-refractivity contribution is -0.121. The molecular formula is C22H20N4O3S. The monoisotopic (exact) mass is 420 g/mol. The van der Waals surface area contributed by atoms with Crippen LogP contribution in [0.25, 0.3) is 10.7 Å². The van der Waals surface area contributed by atoms with Gasteiger partial charge in [0.1, 0.15) is 6.61 Å². The standard InChI is InChI=1S/C22H20N4O3S/c27-19(8-9-20-25-22(26-29-20)18-7-4-12-30-18)24-14-17-10-11-23-21(13-17)28-15-16-5-2-1-3-6-16/h1-7,10-13H,8-9,14-15H2,(H,24,27). The molecule has 30 heavy (non-hydrogen) atoms. The summed E-state index contributed by atoms with van der Waals surface area (Å²) in [6.45, 7) is 0.842. The van der Waals surface area contributed by atoms with E-state index in [0.717, 1.165) is 16.0 Å². The summed E-state index contributed by atoms with van der Waals surface area (Å²) in [7, 11) is 0. The summed E-state index contributed by atoms with van der Waals surface area (Å²) < 4.78 is 10.9. The summed E-state index contributed by atoms with van der Waals surface area (Å²) in [6, 6.07) is 17.4. The molecular weight excluding hydrogens is 400 g/mol. The highest BCUT2D eigenvalue weighted by Crippen LogP contribution is 2.21. The third kappa shape index (κ3) is 5.51. The molecule has 0 saturated heterocycles. The zero-order chi connectivity index (χ0) is 20.6. The molecule has 0 saturated carbocycles. The molecule has 4 rings (SSSR count). The number of pyridine rings is 1. The van der Waals surface area contributed by atoms with E-state index < -0.39 is 0 Å². The van der Waals surface area contributed by atoms with Gasteiger partial charge in [-0.15, -0.1) is 11.3 Å². The summed E-state index contributed by atoms with van der Waals surface area (Å²) >= 11 is 1.54. The quantitative estimate of drug-likeness (QED) is 0.440. The van der Waals surface area contributed by atoms with Crippen LogP contribution in [0.3, 0.4) is 0 Å². The zero-order valence-electron chi connectivity index (χ0n) is 16.2. The van der Waals surface area contributed by atoms with E-state index in [1.807, 2.05) is 60.0 Å². The average Bonchev–Trinajstić information content (AvgIpc) is 3.48. The van der Waals surface area contributed by atoms with E-state index >= 15 is 0 Å². The van der Waals surface area contributed by atoms with E-state index in [-0.39, 0.29) is 12.3 Å². The Bertz CT molecular complexity index is 1080. The van der Waals surface area contributed by atoms with E-state index in [9.17, 15) is 4.79 Å². The van der Waals surface area contributed by atoms with Crippen molar-refractivity contribution >= 4 is 17.2 Å². The molecule has 1 amide bonds. The number of hydrogen-bond donors (Lipinski definition) is 1. The minimum absolute atomic E-state index is 0.0885. The fourth-order valence-corrected chi connectivity index (χ4v) is 3.39. The predicted octanol–water partition coefficient (Wildman–Crippen LogP) is 4.02. The second-order valence-corrected chi connectivity index (χ2v) is 7.49. The SMILES string of the molecule is O=C(CCc1nc(-c2cccs2)no1)NCc1ccnc(OCc2ccccc2)c1. The van der Waals surface area contributed by atoms with Gasteiger partial charge in [0.2, 0.25) is 23.5 Å². The van der Waals surface area contributed by atoms with Gasteiger partial charge in [0.25, 0.3) is 0 Å². The number of nitrogens with one attached hydrogen (secondary N) is 1. The van der Waals surface area contributed by atoms with Crippen LogP contribution in [0.1, 0.15) is 23.4 Å². The van der Waals surface area contributed by atoms with Crippen LogP contribution in [-0.2, 0) is 24.4 Å². The van der Waals surface area contributed by atoms with Gasteiger partial charge in [-0.1, -0.05) is 41.6 Å². The molecule has 0 radical (unpaired) electrons. The first kappa shape index (κ1) is 19.8. The topological polar surface area (TPSA) is 90.1 Å². The van der Waals surface area contributed by atoms with Crippen molar-refractivity contribution in [1.29, 1.82) is 0 Å². The Morgan fingerprint density at radius 2 is 2.00 bits per heavy atom. The van der Waals surface area contributed by atoms with Crippen molar-refractivity contribution in [3.05, 3.63) is 83.2 Å². The number of rotatable bonds is 9. The molecule has 0 fully saturated rings. The molecule has 3 aromatic heterocycles. The Morgan fingerprint density at radius 1 is 1.10 bits per heavy atom. The van der Waals surface area contributed by atoms with E-state index in [4.69, 9.17) is 9.26 Å². The van der Waals surface area contributed by atoms with Crippen molar-refractivity contribution in [3.63, 3.8) is 0 Å². The van der Waals surface area contributed by atoms with Crippen molar-refractivity contribution in [2.75, 3.05) is 0 Å². The van der Waals surface area contributed by atoms with Crippen molar-refractivity contribution < 1.29 is 14.1 Å². The largest absolute Gasteiger partial charge is 0.473 e. The van der Waals surface area contributed by atoms with E-state index in [2.05, 4.69) is 20.4 Å². The van der Waals surface area contributed by atoms with E-state index in [1.54, 1.807) is 17.5 Å². The minimum atomic E-state index is -0.0885. The number of thiophene rings is 1. The molecule has 0 aliphatic heterocycles. The maximum Gasteiger partial charge on any atom is 0.227 e. The highest BCUT2D eigenvalue weighted by molar-refractivity contribution is 7.13. The third-order valence-corrected chi connectivity index (χ3v) is 5.16. The van der Waals surface area contributed by atoms with Gasteiger partial charge in [0.05, 0.1) is 4.88 Å². The Balaban J connectivity index is 1.23. The lowest BCUT2D eigenvalue weighted by atomic mass is 10.2. The fraction of sp³-hybridized carbons (Fsp3) is 0.182. The van der Waals surface area contributed by atoms with E-state index in [1.165, 1.54) is 0 Å². The maximum atomic E-state index is 12.2. The first-order valence-corrected chi connectivity index (χ1v) is 10.4. The van der Waals surface area contributed by atoms with Gasteiger partial charge < -0.3 is 14.6 Å². The fourth-order valence-electron chi connectivity index (χ4n) is 2.74. The predicted molar refractivity (Wildman–Crippen MR) is 113 cm³/mol. The lowest BCUT2D eigenvalue weighted by Gasteiger charge is -2.08. The maximum absolute atomic E-state index is 12.2. The van der Waals surface area contributed by atoms with Gasteiger partial charge in [0.15, 0.2) is 0 Å². The van der Waals surface area contributed by atoms with Gasteiger partial charge in [-0.25, -0.2) is 4.98 Å². The van der Waals surface area contributed by atoms with Crippen LogP contribution in [-0.4, -0.2) is 21.0 Å². The number of nitrogens with zero attached hydrogens (tertiary/aromatic N) is 3. The number of benzene rings is 1. The molecule has 8 heteroatoms. The summed E-state index contributed by atoms with van der Waals surface area (Å²) in [5, 5.41) is 8.80. The Hall–Kier alpha value is -3.52. The van der Waals surface area contributed by atoms with Gasteiger partial charge in [0, 0.05) is 31.6 Å². The van der Waals surface area contributed by atoms with Crippen LogP contribution in [0.5, 0.6) is 5.88 Å². The zero-order valence-corrected chi connectivity index (χ0v) is 17.0. The van der Waals surface area contributed by atoms with Gasteiger partial charge in [-0.05, 0) is 28.6 Å².